The minimum Gasteiger partial charge on any atom is -0.507 e. The van der Waals surface area contributed by atoms with Crippen LogP contribution in [-0.4, -0.2) is 11.1 Å². The van der Waals surface area contributed by atoms with Crippen LogP contribution in [0.15, 0.2) is 18.2 Å². The first kappa shape index (κ1) is 15.4. The van der Waals surface area contributed by atoms with Crippen molar-refractivity contribution < 1.29 is 5.11 Å². The van der Waals surface area contributed by atoms with Gasteiger partial charge in [-0.1, -0.05) is 45.4 Å². The molecule has 112 valence electrons. The third kappa shape index (κ3) is 3.54. The van der Waals surface area contributed by atoms with E-state index in [0.717, 1.165) is 35.4 Å². The van der Waals surface area contributed by atoms with E-state index in [2.05, 4.69) is 26.1 Å². The van der Waals surface area contributed by atoms with Crippen molar-refractivity contribution in [3.63, 3.8) is 0 Å². The number of benzene rings is 1. The highest BCUT2D eigenvalue weighted by Crippen LogP contribution is 2.34. The fourth-order valence-corrected chi connectivity index (χ4v) is 3.54. The first-order valence-electron chi connectivity index (χ1n) is 8.00. The number of para-hydroxylation sites is 1. The Bertz CT molecular complexity index is 441. The fourth-order valence-electron chi connectivity index (χ4n) is 3.54. The smallest absolute Gasteiger partial charge is 0.122 e. The molecular formula is C18H29NO. The molecule has 1 fully saturated rings. The lowest BCUT2D eigenvalue weighted by atomic mass is 9.74. The Morgan fingerprint density at radius 1 is 1.30 bits per heavy atom. The molecule has 2 nitrogen and oxygen atoms in total. The highest BCUT2D eigenvalue weighted by Gasteiger charge is 2.30. The molecule has 1 aromatic rings. The van der Waals surface area contributed by atoms with E-state index in [0.29, 0.717) is 11.8 Å². The van der Waals surface area contributed by atoms with Gasteiger partial charge in [0.05, 0.1) is 0 Å². The van der Waals surface area contributed by atoms with Gasteiger partial charge in [0.1, 0.15) is 5.75 Å². The Balaban J connectivity index is 2.02. The van der Waals surface area contributed by atoms with Crippen LogP contribution in [0.2, 0.25) is 0 Å². The molecule has 1 saturated carbocycles. The highest BCUT2D eigenvalue weighted by atomic mass is 16.3. The lowest BCUT2D eigenvalue weighted by Gasteiger charge is -2.38. The molecule has 3 atom stereocenters. The lowest BCUT2D eigenvalue weighted by Crippen LogP contribution is -2.42. The summed E-state index contributed by atoms with van der Waals surface area (Å²) in [5.41, 5.74) is 1.98. The summed E-state index contributed by atoms with van der Waals surface area (Å²) >= 11 is 0. The summed E-state index contributed by atoms with van der Waals surface area (Å²) < 4.78 is 0. The predicted octanol–water partition coefficient (Wildman–Crippen LogP) is 4.25. The lowest BCUT2D eigenvalue weighted by molar-refractivity contribution is 0.169. The SMILES string of the molecule is Cc1cccc(CNC2CC(C)CCC2C(C)C)c1O. The summed E-state index contributed by atoms with van der Waals surface area (Å²) in [6.45, 7) is 9.75. The van der Waals surface area contributed by atoms with Crippen LogP contribution in [0.1, 0.15) is 51.2 Å². The number of phenols is 1. The molecule has 1 aliphatic carbocycles. The molecule has 0 bridgehead atoms. The van der Waals surface area contributed by atoms with E-state index in [1.165, 1.54) is 19.3 Å². The fraction of sp³-hybridized carbons (Fsp3) is 0.667. The Labute approximate surface area is 123 Å². The van der Waals surface area contributed by atoms with Gasteiger partial charge in [-0.05, 0) is 43.1 Å². The molecule has 2 rings (SSSR count). The second-order valence-electron chi connectivity index (χ2n) is 6.90. The summed E-state index contributed by atoms with van der Waals surface area (Å²) in [7, 11) is 0. The number of hydrogen-bond acceptors (Lipinski definition) is 2. The standard InChI is InChI=1S/C18H29NO/c1-12(2)16-9-8-13(3)10-17(16)19-11-15-7-5-6-14(4)18(15)20/h5-7,12-13,16-17,19-20H,8-11H2,1-4H3. The van der Waals surface area contributed by atoms with Gasteiger partial charge in [-0.25, -0.2) is 0 Å². The minimum atomic E-state index is 0.449. The van der Waals surface area contributed by atoms with E-state index >= 15 is 0 Å². The quantitative estimate of drug-likeness (QED) is 0.861. The largest absolute Gasteiger partial charge is 0.507 e. The zero-order valence-electron chi connectivity index (χ0n) is 13.3. The predicted molar refractivity (Wildman–Crippen MR) is 84.8 cm³/mol. The van der Waals surface area contributed by atoms with E-state index in [1.807, 2.05) is 25.1 Å². The normalized spacial score (nSPS) is 26.9. The molecule has 0 aromatic heterocycles. The second kappa shape index (κ2) is 6.62. The van der Waals surface area contributed by atoms with Gasteiger partial charge in [-0.3, -0.25) is 0 Å². The topological polar surface area (TPSA) is 32.3 Å². The average molecular weight is 275 g/mol. The molecule has 0 saturated heterocycles. The van der Waals surface area contributed by atoms with Crippen LogP contribution < -0.4 is 5.32 Å². The molecule has 20 heavy (non-hydrogen) atoms. The Kier molecular flexibility index (Phi) is 5.09. The number of hydrogen-bond donors (Lipinski definition) is 2. The average Bonchev–Trinajstić information content (AvgIpc) is 2.40. The number of aryl methyl sites for hydroxylation is 1. The van der Waals surface area contributed by atoms with Crippen LogP contribution in [-0.2, 0) is 6.54 Å². The van der Waals surface area contributed by atoms with Gasteiger partial charge in [0, 0.05) is 18.2 Å². The van der Waals surface area contributed by atoms with Gasteiger partial charge in [-0.2, -0.15) is 0 Å². The van der Waals surface area contributed by atoms with E-state index in [4.69, 9.17) is 0 Å². The zero-order valence-corrected chi connectivity index (χ0v) is 13.3. The molecular weight excluding hydrogens is 246 g/mol. The Morgan fingerprint density at radius 2 is 2.05 bits per heavy atom. The number of nitrogens with one attached hydrogen (secondary N) is 1. The van der Waals surface area contributed by atoms with Crippen molar-refractivity contribution in [2.24, 2.45) is 17.8 Å². The molecule has 1 aliphatic rings. The summed E-state index contributed by atoms with van der Waals surface area (Å²) in [6, 6.07) is 6.58. The van der Waals surface area contributed by atoms with Crippen LogP contribution in [0.3, 0.4) is 0 Å². The van der Waals surface area contributed by atoms with Gasteiger partial charge in [0.2, 0.25) is 0 Å². The number of rotatable bonds is 4. The van der Waals surface area contributed by atoms with Gasteiger partial charge in [-0.15, -0.1) is 0 Å². The molecule has 0 aliphatic heterocycles. The maximum Gasteiger partial charge on any atom is 0.122 e. The maximum atomic E-state index is 10.1. The summed E-state index contributed by atoms with van der Waals surface area (Å²) in [5.74, 6) is 2.75. The van der Waals surface area contributed by atoms with Crippen molar-refractivity contribution in [2.45, 2.75) is 59.5 Å². The monoisotopic (exact) mass is 275 g/mol. The van der Waals surface area contributed by atoms with Gasteiger partial charge in [0.15, 0.2) is 0 Å². The van der Waals surface area contributed by atoms with Crippen LogP contribution in [0.4, 0.5) is 0 Å². The van der Waals surface area contributed by atoms with E-state index in [1.54, 1.807) is 0 Å². The Morgan fingerprint density at radius 3 is 2.75 bits per heavy atom. The maximum absolute atomic E-state index is 10.1. The van der Waals surface area contributed by atoms with Crippen molar-refractivity contribution in [2.75, 3.05) is 0 Å². The van der Waals surface area contributed by atoms with Crippen molar-refractivity contribution >= 4 is 0 Å². The van der Waals surface area contributed by atoms with Crippen molar-refractivity contribution in [1.29, 1.82) is 0 Å². The second-order valence-corrected chi connectivity index (χ2v) is 6.90. The summed E-state index contributed by atoms with van der Waals surface area (Å²) in [4.78, 5) is 0. The van der Waals surface area contributed by atoms with E-state index in [9.17, 15) is 5.11 Å². The van der Waals surface area contributed by atoms with Crippen LogP contribution in [0, 0.1) is 24.7 Å². The highest BCUT2D eigenvalue weighted by molar-refractivity contribution is 5.39. The molecule has 2 N–H and O–H groups in total. The van der Waals surface area contributed by atoms with Crippen molar-refractivity contribution in [3.05, 3.63) is 29.3 Å². The molecule has 2 heteroatoms. The van der Waals surface area contributed by atoms with E-state index < -0.39 is 0 Å². The summed E-state index contributed by atoms with van der Waals surface area (Å²) in [6.07, 6.45) is 3.95. The third-order valence-corrected chi connectivity index (χ3v) is 4.90. The third-order valence-electron chi connectivity index (χ3n) is 4.90. The number of phenolic OH excluding ortho intramolecular Hbond substituents is 1. The van der Waals surface area contributed by atoms with Gasteiger partial charge in [0.25, 0.3) is 0 Å². The van der Waals surface area contributed by atoms with Gasteiger partial charge < -0.3 is 10.4 Å². The van der Waals surface area contributed by atoms with Crippen LogP contribution in [0.5, 0.6) is 5.75 Å². The van der Waals surface area contributed by atoms with E-state index in [-0.39, 0.29) is 0 Å². The van der Waals surface area contributed by atoms with Gasteiger partial charge >= 0.3 is 0 Å². The molecule has 0 amide bonds. The first-order valence-corrected chi connectivity index (χ1v) is 8.00. The van der Waals surface area contributed by atoms with Crippen molar-refractivity contribution in [1.82, 2.24) is 5.32 Å². The molecule has 1 aromatic carbocycles. The molecule has 3 unspecified atom stereocenters. The van der Waals surface area contributed by atoms with Crippen LogP contribution in [0.25, 0.3) is 0 Å². The Hall–Kier alpha value is -1.02. The zero-order chi connectivity index (χ0) is 14.7. The first-order chi connectivity index (χ1) is 9.49. The molecule has 0 spiro atoms. The molecule has 0 radical (unpaired) electrons. The summed E-state index contributed by atoms with van der Waals surface area (Å²) in [5, 5.41) is 13.8. The number of aromatic hydroxyl groups is 1. The van der Waals surface area contributed by atoms with Crippen molar-refractivity contribution in [3.8, 4) is 5.75 Å². The minimum absolute atomic E-state index is 0.449. The van der Waals surface area contributed by atoms with Crippen LogP contribution >= 0.6 is 0 Å². The molecule has 0 heterocycles.